The molecule has 0 bridgehead atoms. The molecule has 0 heterocycles. The number of nitrogens with one attached hydrogen (secondary N) is 1. The second-order valence-electron chi connectivity index (χ2n) is 2.80. The van der Waals surface area contributed by atoms with E-state index in [-0.39, 0.29) is 0 Å². The fourth-order valence-electron chi connectivity index (χ4n) is 1.07. The van der Waals surface area contributed by atoms with Crippen molar-refractivity contribution in [1.82, 2.24) is 0 Å². The van der Waals surface area contributed by atoms with Gasteiger partial charge in [0.1, 0.15) is 0 Å². The number of hydrogen-bond donors (Lipinski definition) is 1. The Bertz CT molecular complexity index is 327. The Balaban J connectivity index is 2.69. The molecule has 0 aromatic heterocycles. The highest BCUT2D eigenvalue weighted by atomic mass is 79.9. The Morgan fingerprint density at radius 1 is 1.38 bits per heavy atom. The summed E-state index contributed by atoms with van der Waals surface area (Å²) in [6.07, 6.45) is 0. The Morgan fingerprint density at radius 2 is 2.15 bits per heavy atom. The molecule has 68 valence electrons. The monoisotopic (exact) mass is 237 g/mol. The largest absolute Gasteiger partial charge is 0.374 e. The lowest BCUT2D eigenvalue weighted by Gasteiger charge is -2.04. The van der Waals surface area contributed by atoms with Crippen molar-refractivity contribution in [3.63, 3.8) is 0 Å². The summed E-state index contributed by atoms with van der Waals surface area (Å²) in [6, 6.07) is 6.23. The Morgan fingerprint density at radius 3 is 2.77 bits per heavy atom. The molecule has 13 heavy (non-hydrogen) atoms. The van der Waals surface area contributed by atoms with Crippen molar-refractivity contribution >= 4 is 21.6 Å². The minimum absolute atomic E-state index is 0.701. The van der Waals surface area contributed by atoms with Crippen LogP contribution in [0.25, 0.3) is 0 Å². The zero-order valence-corrected chi connectivity index (χ0v) is 9.40. The van der Waals surface area contributed by atoms with Crippen molar-refractivity contribution < 1.29 is 0 Å². The van der Waals surface area contributed by atoms with Crippen LogP contribution in [0.4, 0.5) is 5.69 Å². The molecule has 0 saturated carbocycles. The van der Waals surface area contributed by atoms with Crippen LogP contribution in [0.15, 0.2) is 22.7 Å². The van der Waals surface area contributed by atoms with E-state index in [0.29, 0.717) is 6.54 Å². The molecule has 0 amide bonds. The van der Waals surface area contributed by atoms with E-state index in [0.717, 1.165) is 10.2 Å². The second-order valence-corrected chi connectivity index (χ2v) is 3.71. The van der Waals surface area contributed by atoms with Crippen LogP contribution in [0.1, 0.15) is 12.5 Å². The quantitative estimate of drug-likeness (QED) is 0.780. The van der Waals surface area contributed by atoms with Gasteiger partial charge in [0.15, 0.2) is 0 Å². The molecular weight excluding hydrogens is 226 g/mol. The topological polar surface area (TPSA) is 12.0 Å². The minimum atomic E-state index is 0.701. The maximum Gasteiger partial charge on any atom is 0.0765 e. The predicted molar refractivity (Wildman–Crippen MR) is 60.8 cm³/mol. The van der Waals surface area contributed by atoms with Crippen molar-refractivity contribution in [3.05, 3.63) is 28.2 Å². The van der Waals surface area contributed by atoms with Gasteiger partial charge in [-0.1, -0.05) is 21.9 Å². The van der Waals surface area contributed by atoms with Gasteiger partial charge in [0.05, 0.1) is 6.54 Å². The van der Waals surface area contributed by atoms with Gasteiger partial charge in [-0.2, -0.15) is 0 Å². The van der Waals surface area contributed by atoms with E-state index in [4.69, 9.17) is 0 Å². The number of halogens is 1. The third kappa shape index (κ3) is 3.52. The molecule has 1 aromatic carbocycles. The molecule has 1 N–H and O–H groups in total. The van der Waals surface area contributed by atoms with Gasteiger partial charge in [0, 0.05) is 10.2 Å². The van der Waals surface area contributed by atoms with Gasteiger partial charge in [0.25, 0.3) is 0 Å². The van der Waals surface area contributed by atoms with Gasteiger partial charge >= 0.3 is 0 Å². The molecule has 0 aliphatic rings. The Kier molecular flexibility index (Phi) is 3.85. The van der Waals surface area contributed by atoms with E-state index in [1.807, 2.05) is 13.0 Å². The summed E-state index contributed by atoms with van der Waals surface area (Å²) < 4.78 is 1.10. The van der Waals surface area contributed by atoms with Crippen LogP contribution >= 0.6 is 15.9 Å². The fourth-order valence-corrected chi connectivity index (χ4v) is 1.68. The highest BCUT2D eigenvalue weighted by Crippen LogP contribution is 2.18. The van der Waals surface area contributed by atoms with E-state index >= 15 is 0 Å². The highest BCUT2D eigenvalue weighted by Gasteiger charge is 1.93. The summed E-state index contributed by atoms with van der Waals surface area (Å²) in [5.41, 5.74) is 2.34. The highest BCUT2D eigenvalue weighted by molar-refractivity contribution is 9.10. The Labute approximate surface area is 87.7 Å². The standard InChI is InChI=1S/C11H12BrN/c1-3-4-5-13-11-7-9(2)6-10(12)8-11/h6-8,13H,5H2,1-2H3. The second kappa shape index (κ2) is 4.94. The molecule has 0 radical (unpaired) electrons. The van der Waals surface area contributed by atoms with Crippen LogP contribution < -0.4 is 5.32 Å². The molecule has 0 aliphatic heterocycles. The van der Waals surface area contributed by atoms with Crippen LogP contribution in [0.5, 0.6) is 0 Å². The van der Waals surface area contributed by atoms with Crippen molar-refractivity contribution in [2.45, 2.75) is 13.8 Å². The maximum atomic E-state index is 3.45. The van der Waals surface area contributed by atoms with Crippen LogP contribution in [-0.4, -0.2) is 6.54 Å². The predicted octanol–water partition coefficient (Wildman–Crippen LogP) is 3.19. The van der Waals surface area contributed by atoms with Crippen LogP contribution in [0.2, 0.25) is 0 Å². The maximum absolute atomic E-state index is 3.45. The van der Waals surface area contributed by atoms with Gasteiger partial charge in [-0.25, -0.2) is 0 Å². The third-order valence-corrected chi connectivity index (χ3v) is 2.06. The fraction of sp³-hybridized carbons (Fsp3) is 0.273. The van der Waals surface area contributed by atoms with Crippen LogP contribution in [-0.2, 0) is 0 Å². The first kappa shape index (κ1) is 10.1. The molecule has 0 unspecified atom stereocenters. The number of aryl methyl sites for hydroxylation is 1. The molecule has 2 heteroatoms. The normalized spacial score (nSPS) is 8.85. The van der Waals surface area contributed by atoms with Gasteiger partial charge in [0.2, 0.25) is 0 Å². The zero-order chi connectivity index (χ0) is 9.68. The first-order valence-electron chi connectivity index (χ1n) is 4.13. The van der Waals surface area contributed by atoms with E-state index in [2.05, 4.69) is 52.1 Å². The number of hydrogen-bond acceptors (Lipinski definition) is 1. The average Bonchev–Trinajstić information content (AvgIpc) is 2.03. The van der Waals surface area contributed by atoms with E-state index in [1.165, 1.54) is 5.56 Å². The summed E-state index contributed by atoms with van der Waals surface area (Å²) in [5, 5.41) is 3.22. The molecule has 1 nitrogen and oxygen atoms in total. The summed E-state index contributed by atoms with van der Waals surface area (Å²) in [4.78, 5) is 0. The molecule has 0 saturated heterocycles. The molecule has 1 rings (SSSR count). The van der Waals surface area contributed by atoms with Crippen LogP contribution in [0.3, 0.4) is 0 Å². The molecule has 0 fully saturated rings. The van der Waals surface area contributed by atoms with Gasteiger partial charge < -0.3 is 5.32 Å². The lowest BCUT2D eigenvalue weighted by Crippen LogP contribution is -1.98. The van der Waals surface area contributed by atoms with Gasteiger partial charge in [-0.05, 0) is 37.6 Å². The Hall–Kier alpha value is -0.940. The van der Waals surface area contributed by atoms with Crippen molar-refractivity contribution in [2.75, 3.05) is 11.9 Å². The third-order valence-electron chi connectivity index (χ3n) is 1.60. The van der Waals surface area contributed by atoms with Crippen LogP contribution in [0, 0.1) is 18.8 Å². The first-order valence-corrected chi connectivity index (χ1v) is 4.92. The molecular formula is C11H12BrN. The van der Waals surface area contributed by atoms with Crippen molar-refractivity contribution in [2.24, 2.45) is 0 Å². The van der Waals surface area contributed by atoms with E-state index in [1.54, 1.807) is 0 Å². The van der Waals surface area contributed by atoms with Gasteiger partial charge in [-0.3, -0.25) is 0 Å². The summed E-state index contributed by atoms with van der Waals surface area (Å²) in [5.74, 6) is 5.80. The zero-order valence-electron chi connectivity index (χ0n) is 7.82. The van der Waals surface area contributed by atoms with Crippen molar-refractivity contribution in [3.8, 4) is 11.8 Å². The number of anilines is 1. The first-order chi connectivity index (χ1) is 6.22. The summed E-state index contributed by atoms with van der Waals surface area (Å²) in [7, 11) is 0. The molecule has 0 atom stereocenters. The number of benzene rings is 1. The SMILES string of the molecule is CC#CCNc1cc(C)cc(Br)c1. The van der Waals surface area contributed by atoms with Gasteiger partial charge in [-0.15, -0.1) is 5.92 Å². The summed E-state index contributed by atoms with van der Waals surface area (Å²) >= 11 is 3.45. The summed E-state index contributed by atoms with van der Waals surface area (Å²) in [6.45, 7) is 4.61. The lowest BCUT2D eigenvalue weighted by atomic mass is 10.2. The minimum Gasteiger partial charge on any atom is -0.374 e. The number of rotatable bonds is 2. The lowest BCUT2D eigenvalue weighted by molar-refractivity contribution is 1.35. The molecule has 1 aromatic rings. The smallest absolute Gasteiger partial charge is 0.0765 e. The van der Waals surface area contributed by atoms with Crippen molar-refractivity contribution in [1.29, 1.82) is 0 Å². The van der Waals surface area contributed by atoms with E-state index in [9.17, 15) is 0 Å². The molecule has 0 aliphatic carbocycles. The average molecular weight is 238 g/mol. The molecule has 0 spiro atoms. The van der Waals surface area contributed by atoms with E-state index < -0.39 is 0 Å².